The van der Waals surface area contributed by atoms with Crippen LogP contribution in [0.1, 0.15) is 296 Å². The lowest BCUT2D eigenvalue weighted by atomic mass is 10.0. The molecule has 0 radical (unpaired) electrons. The molecule has 448 valence electrons. The summed E-state index contributed by atoms with van der Waals surface area (Å²) >= 11 is 0. The standard InChI is InChI=1S/C68H123NO8/c1-6-8-10-12-14-16-18-20-22-24-25-26-27-28-29-30-31-32-33-34-35-36-37-38-39-40-41-43-45-47-49-51-53-55-57-59-66(71)77-64(63-76-68(67(72)73)74-61-60-69(3,4)5)62-75-65(70)58-56-54-52-50-48-46-44-42-23-21-19-17-15-13-11-9-7-2/h8,10,14,16,20,22,25-26,28-29,64,68H,6-7,9,11-13,15,17-19,21,23-24,27,30-63H2,1-5H3/p+1/b10-8-,16-14-,22-20-,26-25-,29-28-. The number of ether oxygens (including phenoxy) is 4. The molecule has 0 fully saturated rings. The van der Waals surface area contributed by atoms with Gasteiger partial charge in [-0.1, -0.05) is 286 Å². The number of hydrogen-bond donors (Lipinski definition) is 1. The van der Waals surface area contributed by atoms with Crippen molar-refractivity contribution in [2.45, 2.75) is 309 Å². The van der Waals surface area contributed by atoms with Crippen molar-refractivity contribution in [1.82, 2.24) is 0 Å². The number of unbranched alkanes of at least 4 members (excludes halogenated alkanes) is 35. The van der Waals surface area contributed by atoms with Gasteiger partial charge < -0.3 is 28.5 Å². The summed E-state index contributed by atoms with van der Waals surface area (Å²) in [4.78, 5) is 37.5. The molecular weight excluding hydrogens is 959 g/mol. The Labute approximate surface area is 475 Å². The van der Waals surface area contributed by atoms with Gasteiger partial charge in [0.05, 0.1) is 34.4 Å². The number of esters is 2. The van der Waals surface area contributed by atoms with Crippen molar-refractivity contribution in [3.05, 3.63) is 60.8 Å². The molecule has 0 saturated carbocycles. The molecule has 0 saturated heterocycles. The fraction of sp³-hybridized carbons (Fsp3) is 0.809. The SMILES string of the molecule is CC/C=C\C/C=C\C/C=C\C/C=C\C/C=C\CCCCCCCCCCCCCCCCCCCCCC(=O)OC(COC(=O)CCCCCCCCCCCCCCCCCCC)COC(OCC[N+](C)(C)C)C(=O)O. The molecule has 9 nitrogen and oxygen atoms in total. The number of carboxylic acids is 1. The largest absolute Gasteiger partial charge is 0.477 e. The summed E-state index contributed by atoms with van der Waals surface area (Å²) < 4.78 is 22.9. The summed E-state index contributed by atoms with van der Waals surface area (Å²) in [6, 6.07) is 0. The third kappa shape index (κ3) is 60.5. The van der Waals surface area contributed by atoms with Crippen LogP contribution in [0.2, 0.25) is 0 Å². The first-order valence-corrected chi connectivity index (χ1v) is 32.5. The Balaban J connectivity index is 4.05. The van der Waals surface area contributed by atoms with E-state index in [0.29, 0.717) is 17.4 Å². The summed E-state index contributed by atoms with van der Waals surface area (Å²) in [6.45, 7) is 4.81. The van der Waals surface area contributed by atoms with E-state index in [-0.39, 0.29) is 38.2 Å². The van der Waals surface area contributed by atoms with E-state index in [1.807, 2.05) is 21.1 Å². The van der Waals surface area contributed by atoms with Crippen LogP contribution < -0.4 is 0 Å². The molecule has 0 aromatic rings. The average Bonchev–Trinajstić information content (AvgIpc) is 3.40. The predicted molar refractivity (Wildman–Crippen MR) is 327 cm³/mol. The van der Waals surface area contributed by atoms with Gasteiger partial charge in [-0.2, -0.15) is 0 Å². The Kier molecular flexibility index (Phi) is 56.8. The van der Waals surface area contributed by atoms with Crippen molar-refractivity contribution >= 4 is 17.9 Å². The number of quaternary nitrogens is 1. The van der Waals surface area contributed by atoms with E-state index in [9.17, 15) is 19.5 Å². The van der Waals surface area contributed by atoms with Crippen molar-refractivity contribution in [3.63, 3.8) is 0 Å². The lowest BCUT2D eigenvalue weighted by molar-refractivity contribution is -0.870. The van der Waals surface area contributed by atoms with Crippen LogP contribution in [0.25, 0.3) is 0 Å². The number of carboxylic acid groups (broad SMARTS) is 1. The Bertz CT molecular complexity index is 1450. The van der Waals surface area contributed by atoms with Crippen molar-refractivity contribution in [1.29, 1.82) is 0 Å². The minimum atomic E-state index is -1.51. The van der Waals surface area contributed by atoms with Gasteiger partial charge in [0.25, 0.3) is 6.29 Å². The number of nitrogens with zero attached hydrogens (tertiary/aromatic N) is 1. The quantitative estimate of drug-likeness (QED) is 0.0211. The number of aliphatic carboxylic acids is 1. The zero-order valence-corrected chi connectivity index (χ0v) is 51.1. The Morgan fingerprint density at radius 2 is 0.740 bits per heavy atom. The molecule has 2 unspecified atom stereocenters. The first-order chi connectivity index (χ1) is 37.6. The van der Waals surface area contributed by atoms with E-state index >= 15 is 0 Å². The molecular formula is C68H124NO8+. The number of carbonyl (C=O) groups is 3. The molecule has 1 N–H and O–H groups in total. The second-order valence-electron chi connectivity index (χ2n) is 23.1. The Morgan fingerprint density at radius 3 is 1.10 bits per heavy atom. The molecule has 77 heavy (non-hydrogen) atoms. The van der Waals surface area contributed by atoms with Crippen molar-refractivity contribution in [2.75, 3.05) is 47.5 Å². The zero-order valence-electron chi connectivity index (χ0n) is 51.1. The van der Waals surface area contributed by atoms with Crippen LogP contribution in [-0.4, -0.2) is 87.4 Å². The van der Waals surface area contributed by atoms with E-state index < -0.39 is 18.4 Å². The van der Waals surface area contributed by atoms with E-state index in [1.54, 1.807) is 0 Å². The van der Waals surface area contributed by atoms with Gasteiger partial charge in [0, 0.05) is 12.8 Å². The van der Waals surface area contributed by atoms with Crippen LogP contribution in [0.4, 0.5) is 0 Å². The van der Waals surface area contributed by atoms with Crippen LogP contribution in [0.3, 0.4) is 0 Å². The van der Waals surface area contributed by atoms with E-state index in [1.165, 1.54) is 199 Å². The molecule has 0 bridgehead atoms. The summed E-state index contributed by atoms with van der Waals surface area (Å²) in [7, 11) is 5.98. The molecule has 0 aliphatic heterocycles. The van der Waals surface area contributed by atoms with Crippen molar-refractivity contribution in [2.24, 2.45) is 0 Å². The second-order valence-corrected chi connectivity index (χ2v) is 23.1. The maximum atomic E-state index is 12.9. The summed E-state index contributed by atoms with van der Waals surface area (Å²) in [5, 5.41) is 9.72. The number of likely N-dealkylation sites (N-methyl/N-ethyl adjacent to an activating group) is 1. The van der Waals surface area contributed by atoms with Gasteiger partial charge in [-0.15, -0.1) is 0 Å². The minimum absolute atomic E-state index is 0.177. The lowest BCUT2D eigenvalue weighted by Crippen LogP contribution is -2.40. The van der Waals surface area contributed by atoms with Gasteiger partial charge in [-0.05, 0) is 57.8 Å². The normalized spacial score (nSPS) is 13.1. The molecule has 0 spiro atoms. The summed E-state index contributed by atoms with van der Waals surface area (Å²) in [6.07, 6.45) is 73.2. The molecule has 9 heteroatoms. The predicted octanol–water partition coefficient (Wildman–Crippen LogP) is 19.6. The highest BCUT2D eigenvalue weighted by Crippen LogP contribution is 2.18. The maximum absolute atomic E-state index is 12.9. The number of rotatable bonds is 60. The average molecular weight is 1080 g/mol. The van der Waals surface area contributed by atoms with Crippen LogP contribution >= 0.6 is 0 Å². The van der Waals surface area contributed by atoms with E-state index in [2.05, 4.69) is 74.6 Å². The van der Waals surface area contributed by atoms with Crippen LogP contribution in [-0.2, 0) is 33.3 Å². The number of carbonyl (C=O) groups excluding carboxylic acids is 2. The van der Waals surface area contributed by atoms with Gasteiger partial charge in [0.15, 0.2) is 6.10 Å². The van der Waals surface area contributed by atoms with Gasteiger partial charge in [0.1, 0.15) is 13.2 Å². The Morgan fingerprint density at radius 1 is 0.403 bits per heavy atom. The number of allylic oxidation sites excluding steroid dienone is 10. The second kappa shape index (κ2) is 59.1. The molecule has 0 rings (SSSR count). The molecule has 0 aliphatic carbocycles. The van der Waals surface area contributed by atoms with Gasteiger partial charge in [-0.3, -0.25) is 9.59 Å². The summed E-state index contributed by atoms with van der Waals surface area (Å²) in [5.74, 6) is -1.98. The molecule has 0 aromatic heterocycles. The fourth-order valence-electron chi connectivity index (χ4n) is 9.34. The third-order valence-corrected chi connectivity index (χ3v) is 14.3. The van der Waals surface area contributed by atoms with Gasteiger partial charge in [-0.25, -0.2) is 4.79 Å². The smallest absolute Gasteiger partial charge is 0.361 e. The lowest BCUT2D eigenvalue weighted by Gasteiger charge is -2.25. The van der Waals surface area contributed by atoms with E-state index in [4.69, 9.17) is 18.9 Å². The van der Waals surface area contributed by atoms with Crippen LogP contribution in [0.15, 0.2) is 60.8 Å². The maximum Gasteiger partial charge on any atom is 0.361 e. The van der Waals surface area contributed by atoms with Crippen LogP contribution in [0, 0.1) is 0 Å². The molecule has 0 amide bonds. The van der Waals surface area contributed by atoms with Gasteiger partial charge in [0.2, 0.25) is 0 Å². The minimum Gasteiger partial charge on any atom is -0.477 e. The molecule has 0 aromatic carbocycles. The molecule has 0 heterocycles. The zero-order chi connectivity index (χ0) is 56.2. The summed E-state index contributed by atoms with van der Waals surface area (Å²) in [5.41, 5.74) is 0. The Hall–Kier alpha value is -3.01. The third-order valence-electron chi connectivity index (χ3n) is 14.3. The molecule has 2 atom stereocenters. The highest BCUT2D eigenvalue weighted by Gasteiger charge is 2.25. The highest BCUT2D eigenvalue weighted by molar-refractivity contribution is 5.71. The molecule has 0 aliphatic rings. The topological polar surface area (TPSA) is 108 Å². The number of hydrogen-bond acceptors (Lipinski definition) is 7. The van der Waals surface area contributed by atoms with Crippen molar-refractivity contribution < 1.29 is 42.9 Å². The first kappa shape index (κ1) is 74.0. The fourth-order valence-corrected chi connectivity index (χ4v) is 9.34. The highest BCUT2D eigenvalue weighted by atomic mass is 16.7. The first-order valence-electron chi connectivity index (χ1n) is 32.5. The van der Waals surface area contributed by atoms with Crippen molar-refractivity contribution in [3.8, 4) is 0 Å². The van der Waals surface area contributed by atoms with E-state index in [0.717, 1.165) is 70.6 Å². The monoisotopic (exact) mass is 1080 g/mol. The van der Waals surface area contributed by atoms with Crippen LogP contribution in [0.5, 0.6) is 0 Å². The van der Waals surface area contributed by atoms with Gasteiger partial charge >= 0.3 is 17.9 Å².